The molecular weight excluding hydrogens is 402 g/mol. The Morgan fingerprint density at radius 2 is 1.43 bits per heavy atom. The number of hydrogen-bond donors (Lipinski definition) is 0. The zero-order valence-electron chi connectivity index (χ0n) is 16.4. The minimum absolute atomic E-state index is 0.105. The number of hydrogen-bond acceptors (Lipinski definition) is 4. The standard InChI is InChI=1S/C24H20ClNO4/c1-2-26(19-8-4-3-5-9-19)22(27)16-30-24(29)21-11-7-6-10-20(21)23(28)17-12-14-18(25)15-13-17/h3-15H,2,16H2,1H3. The summed E-state index contributed by atoms with van der Waals surface area (Å²) in [6, 6.07) is 21.9. The summed E-state index contributed by atoms with van der Waals surface area (Å²) in [4.78, 5) is 39.6. The van der Waals surface area contributed by atoms with Crippen molar-refractivity contribution in [2.24, 2.45) is 0 Å². The number of carbonyl (C=O) groups is 3. The molecule has 3 aromatic carbocycles. The molecule has 5 nitrogen and oxygen atoms in total. The van der Waals surface area contributed by atoms with Crippen LogP contribution >= 0.6 is 11.6 Å². The van der Waals surface area contributed by atoms with E-state index in [-0.39, 0.29) is 22.8 Å². The van der Waals surface area contributed by atoms with Gasteiger partial charge in [0.2, 0.25) is 0 Å². The maximum Gasteiger partial charge on any atom is 0.339 e. The van der Waals surface area contributed by atoms with E-state index in [4.69, 9.17) is 16.3 Å². The van der Waals surface area contributed by atoms with Crippen molar-refractivity contribution >= 4 is 34.9 Å². The number of rotatable bonds is 7. The van der Waals surface area contributed by atoms with Crippen LogP contribution < -0.4 is 4.90 Å². The van der Waals surface area contributed by atoms with Gasteiger partial charge in [-0.15, -0.1) is 0 Å². The zero-order chi connectivity index (χ0) is 21.5. The van der Waals surface area contributed by atoms with Crippen molar-refractivity contribution in [2.75, 3.05) is 18.1 Å². The van der Waals surface area contributed by atoms with Crippen molar-refractivity contribution < 1.29 is 19.1 Å². The average Bonchev–Trinajstić information content (AvgIpc) is 2.78. The lowest BCUT2D eigenvalue weighted by atomic mass is 9.98. The minimum Gasteiger partial charge on any atom is -0.452 e. The minimum atomic E-state index is -0.731. The highest BCUT2D eigenvalue weighted by atomic mass is 35.5. The summed E-state index contributed by atoms with van der Waals surface area (Å²) in [6.45, 7) is 1.85. The number of carbonyl (C=O) groups excluding carboxylic acids is 3. The van der Waals surface area contributed by atoms with Crippen molar-refractivity contribution in [3.63, 3.8) is 0 Å². The molecule has 6 heteroatoms. The maximum atomic E-state index is 12.8. The Kier molecular flexibility index (Phi) is 6.99. The second kappa shape index (κ2) is 9.85. The molecule has 0 radical (unpaired) electrons. The summed E-state index contributed by atoms with van der Waals surface area (Å²) < 4.78 is 5.24. The Morgan fingerprint density at radius 1 is 0.833 bits per heavy atom. The van der Waals surface area contributed by atoms with Gasteiger partial charge < -0.3 is 9.64 Å². The monoisotopic (exact) mass is 421 g/mol. The topological polar surface area (TPSA) is 63.7 Å². The second-order valence-corrected chi connectivity index (χ2v) is 6.87. The van der Waals surface area contributed by atoms with Gasteiger partial charge in [0.15, 0.2) is 12.4 Å². The molecule has 0 aliphatic heterocycles. The number of esters is 1. The van der Waals surface area contributed by atoms with Gasteiger partial charge in [0.05, 0.1) is 5.56 Å². The summed E-state index contributed by atoms with van der Waals surface area (Å²) >= 11 is 5.88. The average molecular weight is 422 g/mol. The van der Waals surface area contributed by atoms with Crippen LogP contribution in [-0.4, -0.2) is 30.8 Å². The molecule has 0 unspecified atom stereocenters. The van der Waals surface area contributed by atoms with E-state index in [1.165, 1.54) is 11.0 Å². The van der Waals surface area contributed by atoms with Crippen LogP contribution in [0, 0.1) is 0 Å². The Bertz CT molecular complexity index is 1050. The molecule has 0 spiro atoms. The van der Waals surface area contributed by atoms with E-state index < -0.39 is 12.6 Å². The molecule has 0 aliphatic rings. The van der Waals surface area contributed by atoms with Gasteiger partial charge in [-0.2, -0.15) is 0 Å². The Hall–Kier alpha value is -3.44. The number of nitrogens with zero attached hydrogens (tertiary/aromatic N) is 1. The molecule has 0 saturated heterocycles. The number of benzene rings is 3. The van der Waals surface area contributed by atoms with Crippen molar-refractivity contribution in [3.8, 4) is 0 Å². The van der Waals surface area contributed by atoms with Crippen LogP contribution in [0.15, 0.2) is 78.9 Å². The number of amides is 1. The highest BCUT2D eigenvalue weighted by Crippen LogP contribution is 2.18. The normalized spacial score (nSPS) is 10.3. The molecule has 0 aliphatic carbocycles. The van der Waals surface area contributed by atoms with Crippen molar-refractivity contribution in [3.05, 3.63) is 101 Å². The van der Waals surface area contributed by atoms with Crippen molar-refractivity contribution in [2.45, 2.75) is 6.92 Å². The third kappa shape index (κ3) is 4.93. The van der Waals surface area contributed by atoms with Crippen molar-refractivity contribution in [1.82, 2.24) is 0 Å². The molecule has 0 saturated carbocycles. The van der Waals surface area contributed by atoms with E-state index in [9.17, 15) is 14.4 Å². The summed E-state index contributed by atoms with van der Waals surface area (Å²) in [7, 11) is 0. The number of anilines is 1. The Balaban J connectivity index is 1.74. The van der Waals surface area contributed by atoms with Crippen LogP contribution in [0.1, 0.15) is 33.2 Å². The van der Waals surface area contributed by atoms with Gasteiger partial charge in [0.1, 0.15) is 0 Å². The summed E-state index contributed by atoms with van der Waals surface area (Å²) in [5.41, 5.74) is 1.43. The van der Waals surface area contributed by atoms with Crippen LogP contribution in [0.3, 0.4) is 0 Å². The first-order valence-electron chi connectivity index (χ1n) is 9.43. The Morgan fingerprint density at radius 3 is 2.07 bits per heavy atom. The van der Waals surface area contributed by atoms with Gasteiger partial charge in [-0.3, -0.25) is 9.59 Å². The molecule has 0 fully saturated rings. The van der Waals surface area contributed by atoms with Gasteiger partial charge >= 0.3 is 5.97 Å². The Labute approximate surface area is 179 Å². The van der Waals surface area contributed by atoms with Crippen LogP contribution in [0.2, 0.25) is 5.02 Å². The van der Waals surface area contributed by atoms with E-state index in [0.29, 0.717) is 17.1 Å². The molecular formula is C24H20ClNO4. The molecule has 3 aromatic rings. The lowest BCUT2D eigenvalue weighted by Gasteiger charge is -2.20. The lowest BCUT2D eigenvalue weighted by molar-refractivity contribution is -0.121. The highest BCUT2D eigenvalue weighted by Gasteiger charge is 2.21. The van der Waals surface area contributed by atoms with E-state index in [1.54, 1.807) is 42.5 Å². The summed E-state index contributed by atoms with van der Waals surface area (Å²) in [5, 5.41) is 0.511. The number of para-hydroxylation sites is 1. The fourth-order valence-electron chi connectivity index (χ4n) is 3.01. The highest BCUT2D eigenvalue weighted by molar-refractivity contribution is 6.30. The molecule has 0 bridgehead atoms. The van der Waals surface area contributed by atoms with Crippen molar-refractivity contribution in [1.29, 1.82) is 0 Å². The maximum absolute atomic E-state index is 12.8. The number of ether oxygens (including phenoxy) is 1. The van der Waals surface area contributed by atoms with Gasteiger partial charge in [0, 0.05) is 28.4 Å². The van der Waals surface area contributed by atoms with E-state index in [0.717, 1.165) is 5.69 Å². The predicted octanol–water partition coefficient (Wildman–Crippen LogP) is 4.78. The number of halogens is 1. The van der Waals surface area contributed by atoms with E-state index in [1.807, 2.05) is 37.3 Å². The molecule has 0 N–H and O–H groups in total. The first-order valence-corrected chi connectivity index (χ1v) is 9.81. The van der Waals surface area contributed by atoms with Crippen LogP contribution in [0.5, 0.6) is 0 Å². The molecule has 1 amide bonds. The lowest BCUT2D eigenvalue weighted by Crippen LogP contribution is -2.34. The first kappa shape index (κ1) is 21.3. The van der Waals surface area contributed by atoms with Crippen LogP contribution in [0.25, 0.3) is 0 Å². The molecule has 152 valence electrons. The van der Waals surface area contributed by atoms with Gasteiger partial charge in [-0.25, -0.2) is 4.79 Å². The van der Waals surface area contributed by atoms with E-state index in [2.05, 4.69) is 0 Å². The fourth-order valence-corrected chi connectivity index (χ4v) is 3.14. The smallest absolute Gasteiger partial charge is 0.339 e. The zero-order valence-corrected chi connectivity index (χ0v) is 17.1. The molecule has 30 heavy (non-hydrogen) atoms. The molecule has 0 atom stereocenters. The number of ketones is 1. The van der Waals surface area contributed by atoms with Gasteiger partial charge in [-0.05, 0) is 49.4 Å². The van der Waals surface area contributed by atoms with Gasteiger partial charge in [0.25, 0.3) is 5.91 Å². The molecule has 0 heterocycles. The second-order valence-electron chi connectivity index (χ2n) is 6.43. The summed E-state index contributed by atoms with van der Waals surface area (Å²) in [6.07, 6.45) is 0. The quantitative estimate of drug-likeness (QED) is 0.406. The number of likely N-dealkylation sites (N-methyl/N-ethyl adjacent to an activating group) is 1. The third-order valence-corrected chi connectivity index (χ3v) is 4.76. The molecule has 0 aromatic heterocycles. The van der Waals surface area contributed by atoms with Crippen LogP contribution in [0.4, 0.5) is 5.69 Å². The predicted molar refractivity (Wildman–Crippen MR) is 116 cm³/mol. The first-order chi connectivity index (χ1) is 14.5. The van der Waals surface area contributed by atoms with Gasteiger partial charge in [-0.1, -0.05) is 48.0 Å². The third-order valence-electron chi connectivity index (χ3n) is 4.51. The largest absolute Gasteiger partial charge is 0.452 e. The summed E-state index contributed by atoms with van der Waals surface area (Å²) in [5.74, 6) is -1.41. The van der Waals surface area contributed by atoms with Crippen LogP contribution in [-0.2, 0) is 9.53 Å². The molecule has 3 rings (SSSR count). The van der Waals surface area contributed by atoms with E-state index >= 15 is 0 Å². The fraction of sp³-hybridized carbons (Fsp3) is 0.125. The SMILES string of the molecule is CCN(C(=O)COC(=O)c1ccccc1C(=O)c1ccc(Cl)cc1)c1ccccc1.